The Morgan fingerprint density at radius 3 is 2.44 bits per heavy atom. The second-order valence-electron chi connectivity index (χ2n) is 10.00. The monoisotopic (exact) mass is 505 g/mol. The van der Waals surface area contributed by atoms with Gasteiger partial charge in [0.2, 0.25) is 11.8 Å². The fourth-order valence-corrected chi connectivity index (χ4v) is 6.33. The summed E-state index contributed by atoms with van der Waals surface area (Å²) in [6.07, 6.45) is 2.63. The molecular formula is C28H35N5O2S. The van der Waals surface area contributed by atoms with Crippen molar-refractivity contribution < 1.29 is 9.59 Å². The minimum atomic E-state index is 0.00870. The van der Waals surface area contributed by atoms with Crippen molar-refractivity contribution in [2.24, 2.45) is 5.92 Å². The molecule has 0 atom stereocenters. The second-order valence-corrected chi connectivity index (χ2v) is 11.0. The van der Waals surface area contributed by atoms with Gasteiger partial charge in [-0.2, -0.15) is 0 Å². The molecule has 2 aromatic carbocycles. The predicted octanol–water partition coefficient (Wildman–Crippen LogP) is 4.30. The normalized spacial score (nSPS) is 17.8. The zero-order valence-corrected chi connectivity index (χ0v) is 22.0. The number of anilines is 2. The van der Waals surface area contributed by atoms with Gasteiger partial charge in [0.1, 0.15) is 0 Å². The molecule has 0 saturated carbocycles. The van der Waals surface area contributed by atoms with Gasteiger partial charge in [-0.25, -0.2) is 4.98 Å². The van der Waals surface area contributed by atoms with E-state index in [1.807, 2.05) is 43.0 Å². The highest BCUT2D eigenvalue weighted by atomic mass is 32.1. The van der Waals surface area contributed by atoms with Crippen molar-refractivity contribution >= 4 is 44.2 Å². The van der Waals surface area contributed by atoms with Gasteiger partial charge in [-0.05, 0) is 56.4 Å². The minimum Gasteiger partial charge on any atom is -0.348 e. The first kappa shape index (κ1) is 24.7. The highest BCUT2D eigenvalue weighted by Gasteiger charge is 2.30. The van der Waals surface area contributed by atoms with Crippen LogP contribution in [0.25, 0.3) is 10.2 Å². The lowest BCUT2D eigenvalue weighted by molar-refractivity contribution is -0.136. The molecule has 2 saturated heterocycles. The molecule has 2 aliphatic rings. The number of amides is 2. The third-order valence-corrected chi connectivity index (χ3v) is 8.51. The summed E-state index contributed by atoms with van der Waals surface area (Å²) in [5.74, 6) is 0.365. The van der Waals surface area contributed by atoms with Crippen molar-refractivity contribution in [3.63, 3.8) is 0 Å². The molecule has 0 aliphatic carbocycles. The first-order valence-electron chi connectivity index (χ1n) is 13.0. The zero-order valence-electron chi connectivity index (χ0n) is 21.2. The van der Waals surface area contributed by atoms with E-state index in [0.29, 0.717) is 13.1 Å². The summed E-state index contributed by atoms with van der Waals surface area (Å²) >= 11 is 1.73. The molecule has 0 unspecified atom stereocenters. The summed E-state index contributed by atoms with van der Waals surface area (Å²) in [6, 6.07) is 14.3. The van der Waals surface area contributed by atoms with Gasteiger partial charge in [0.25, 0.3) is 0 Å². The number of benzene rings is 2. The summed E-state index contributed by atoms with van der Waals surface area (Å²) in [5.41, 5.74) is 4.11. The summed E-state index contributed by atoms with van der Waals surface area (Å²) in [5, 5.41) is 4.15. The van der Waals surface area contributed by atoms with Crippen molar-refractivity contribution in [1.82, 2.24) is 14.8 Å². The second kappa shape index (κ2) is 11.0. The standard InChI is InChI=1S/C28H35N5O2S/c1-20-7-5-8-21(2)26(20)30-25(34)19-31-13-6-14-32(18-17-31)27(35)22-11-15-33(16-12-22)28-29-23-9-3-4-10-24(23)36-28/h3-5,7-10,22H,6,11-19H2,1-2H3,(H,30,34). The maximum atomic E-state index is 13.3. The Bertz CT molecular complexity index is 1180. The molecule has 3 heterocycles. The fourth-order valence-electron chi connectivity index (χ4n) is 5.31. The molecule has 8 heteroatoms. The maximum Gasteiger partial charge on any atom is 0.238 e. The number of hydrogen-bond acceptors (Lipinski definition) is 6. The molecule has 1 N–H and O–H groups in total. The van der Waals surface area contributed by atoms with E-state index in [-0.39, 0.29) is 17.7 Å². The van der Waals surface area contributed by atoms with Crippen molar-refractivity contribution in [1.29, 1.82) is 0 Å². The Labute approximate surface area is 217 Å². The Kier molecular flexibility index (Phi) is 7.53. The Morgan fingerprint density at radius 2 is 1.69 bits per heavy atom. The SMILES string of the molecule is Cc1cccc(C)c1NC(=O)CN1CCCN(C(=O)C2CCN(c3nc4ccccc4s3)CC2)CC1. The van der Waals surface area contributed by atoms with Gasteiger partial charge in [-0.15, -0.1) is 0 Å². The van der Waals surface area contributed by atoms with E-state index in [0.717, 1.165) is 79.4 Å². The molecule has 0 radical (unpaired) electrons. The lowest BCUT2D eigenvalue weighted by Crippen LogP contribution is -2.44. The van der Waals surface area contributed by atoms with Crippen LogP contribution in [-0.4, -0.2) is 72.4 Å². The van der Waals surface area contributed by atoms with E-state index in [1.165, 1.54) is 4.70 Å². The first-order valence-corrected chi connectivity index (χ1v) is 13.8. The van der Waals surface area contributed by atoms with Gasteiger partial charge in [0, 0.05) is 50.9 Å². The number of nitrogens with zero attached hydrogens (tertiary/aromatic N) is 4. The van der Waals surface area contributed by atoms with E-state index in [1.54, 1.807) is 11.3 Å². The molecule has 0 spiro atoms. The first-order chi connectivity index (χ1) is 17.5. The largest absolute Gasteiger partial charge is 0.348 e. The molecular weight excluding hydrogens is 470 g/mol. The predicted molar refractivity (Wildman–Crippen MR) is 147 cm³/mol. The van der Waals surface area contributed by atoms with Gasteiger partial charge in [0.05, 0.1) is 16.8 Å². The highest BCUT2D eigenvalue weighted by Crippen LogP contribution is 2.32. The molecule has 7 nitrogen and oxygen atoms in total. The van der Waals surface area contributed by atoms with E-state index >= 15 is 0 Å². The van der Waals surface area contributed by atoms with Gasteiger partial charge < -0.3 is 15.1 Å². The average Bonchev–Trinajstić information content (AvgIpc) is 3.19. The number of rotatable bonds is 5. The fraction of sp³-hybridized carbons (Fsp3) is 0.464. The van der Waals surface area contributed by atoms with Crippen molar-refractivity contribution in [3.05, 3.63) is 53.6 Å². The van der Waals surface area contributed by atoms with Crippen LogP contribution in [-0.2, 0) is 9.59 Å². The van der Waals surface area contributed by atoms with Crippen LogP contribution in [0.4, 0.5) is 10.8 Å². The Morgan fingerprint density at radius 1 is 0.944 bits per heavy atom. The van der Waals surface area contributed by atoms with Crippen LogP contribution < -0.4 is 10.2 Å². The number of piperidine rings is 1. The summed E-state index contributed by atoms with van der Waals surface area (Å²) in [4.78, 5) is 37.4. The van der Waals surface area contributed by atoms with Crippen LogP contribution in [0.1, 0.15) is 30.4 Å². The van der Waals surface area contributed by atoms with E-state index in [4.69, 9.17) is 4.98 Å². The number of fused-ring (bicyclic) bond motifs is 1. The number of nitrogens with one attached hydrogen (secondary N) is 1. The van der Waals surface area contributed by atoms with E-state index in [2.05, 4.69) is 33.3 Å². The van der Waals surface area contributed by atoms with Crippen molar-refractivity contribution in [2.45, 2.75) is 33.1 Å². The highest BCUT2D eigenvalue weighted by molar-refractivity contribution is 7.22. The van der Waals surface area contributed by atoms with Gasteiger partial charge in [0.15, 0.2) is 5.13 Å². The van der Waals surface area contributed by atoms with Gasteiger partial charge >= 0.3 is 0 Å². The van der Waals surface area contributed by atoms with Crippen molar-refractivity contribution in [2.75, 3.05) is 56.0 Å². The quantitative estimate of drug-likeness (QED) is 0.560. The molecule has 1 aromatic heterocycles. The number of carbonyl (C=O) groups excluding carboxylic acids is 2. The summed E-state index contributed by atoms with van der Waals surface area (Å²) < 4.78 is 1.21. The molecule has 2 fully saturated rings. The van der Waals surface area contributed by atoms with Gasteiger partial charge in [-0.3, -0.25) is 14.5 Å². The molecule has 2 aliphatic heterocycles. The molecule has 36 heavy (non-hydrogen) atoms. The molecule has 2 amide bonds. The summed E-state index contributed by atoms with van der Waals surface area (Å²) in [7, 11) is 0. The average molecular weight is 506 g/mol. The third-order valence-electron chi connectivity index (χ3n) is 7.41. The van der Waals surface area contributed by atoms with Crippen LogP contribution in [0, 0.1) is 19.8 Å². The Balaban J connectivity index is 1.10. The molecule has 3 aromatic rings. The van der Waals surface area contributed by atoms with Crippen LogP contribution in [0.2, 0.25) is 0 Å². The molecule has 5 rings (SSSR count). The molecule has 0 bridgehead atoms. The Hall–Kier alpha value is -2.97. The maximum absolute atomic E-state index is 13.3. The topological polar surface area (TPSA) is 68.8 Å². The van der Waals surface area contributed by atoms with Crippen LogP contribution in [0.5, 0.6) is 0 Å². The number of hydrogen-bond donors (Lipinski definition) is 1. The lowest BCUT2D eigenvalue weighted by Gasteiger charge is -2.33. The van der Waals surface area contributed by atoms with Gasteiger partial charge in [-0.1, -0.05) is 41.7 Å². The zero-order chi connectivity index (χ0) is 25.1. The lowest BCUT2D eigenvalue weighted by atomic mass is 9.95. The van der Waals surface area contributed by atoms with Crippen LogP contribution in [0.3, 0.4) is 0 Å². The van der Waals surface area contributed by atoms with Crippen LogP contribution in [0.15, 0.2) is 42.5 Å². The number of para-hydroxylation sites is 2. The van der Waals surface area contributed by atoms with Crippen molar-refractivity contribution in [3.8, 4) is 0 Å². The number of carbonyl (C=O) groups is 2. The minimum absolute atomic E-state index is 0.00870. The third kappa shape index (κ3) is 5.55. The van der Waals surface area contributed by atoms with E-state index < -0.39 is 0 Å². The number of thiazole rings is 1. The number of aromatic nitrogens is 1. The summed E-state index contributed by atoms with van der Waals surface area (Å²) in [6.45, 7) is 9.15. The molecule has 190 valence electrons. The van der Waals surface area contributed by atoms with Crippen LogP contribution >= 0.6 is 11.3 Å². The van der Waals surface area contributed by atoms with E-state index in [9.17, 15) is 9.59 Å². The smallest absolute Gasteiger partial charge is 0.238 e. The number of aryl methyl sites for hydroxylation is 2.